The minimum Gasteiger partial charge on any atom is -0.462 e. The molecule has 9 heterocycles. The third-order valence-electron chi connectivity index (χ3n) is 32.6. The molecule has 0 aromatic heterocycles. The van der Waals surface area contributed by atoms with Gasteiger partial charge in [0.25, 0.3) is 0 Å². The first kappa shape index (κ1) is 65.5. The fraction of sp³-hybridized carbons (Fsp3) is 0.923. The van der Waals surface area contributed by atoms with E-state index in [1.54, 1.807) is 20.8 Å². The highest BCUT2D eigenvalue weighted by Gasteiger charge is 2.69. The molecule has 504 valence electrons. The fourth-order valence-corrected chi connectivity index (χ4v) is 28.2. The smallest absolute Gasteiger partial charge is 0.306 e. The summed E-state index contributed by atoms with van der Waals surface area (Å²) in [6.45, 7) is 26.7. The third-order valence-corrected chi connectivity index (χ3v) is 32.6. The van der Waals surface area contributed by atoms with Crippen molar-refractivity contribution >= 4 is 35.8 Å². The van der Waals surface area contributed by atoms with Crippen molar-refractivity contribution in [1.29, 1.82) is 0 Å². The fourth-order valence-electron chi connectivity index (χ4n) is 28.2. The molecule has 21 fully saturated rings. The zero-order valence-corrected chi connectivity index (χ0v) is 58.0. The van der Waals surface area contributed by atoms with E-state index in [2.05, 4.69) is 62.3 Å². The van der Waals surface area contributed by atoms with E-state index < -0.39 is 0 Å². The maximum absolute atomic E-state index is 14.1. The third kappa shape index (κ3) is 10.9. The SMILES string of the molecule is CC(=O)O[C@H]1C[C@H]2[C@H]3CC[C@@H]4C[C@@H](CC[C@@]42C)OC(=O)CC[C@@H](C)[C@H]2CCC4[C@@H]5CC[C@@H]6C[C@@H](CC[C@]6(C)[C@H]5C[C@H](OC(C)=O)[C@@]42C)OC(=O)CC[C@@H](C)[C@H]2CCC4[C@@H]5CC[C@@H]6C[C@@H](CC[C@]6(C)[C@H]5C[C@H](OC(C)=O)[C@@]42C)OC(=O)CC[C@@H](C)[C@H]2CCC3[C@]12C. The molecule has 3 unspecified atom stereocenters. The highest BCUT2D eigenvalue weighted by molar-refractivity contribution is 5.71. The Balaban J connectivity index is 0.740. The van der Waals surface area contributed by atoms with Crippen molar-refractivity contribution in [1.82, 2.24) is 0 Å². The largest absolute Gasteiger partial charge is 0.462 e. The van der Waals surface area contributed by atoms with Crippen LogP contribution in [0.2, 0.25) is 0 Å². The number of hydrogen-bond donors (Lipinski definition) is 0. The Bertz CT molecular complexity index is 2440. The van der Waals surface area contributed by atoms with Gasteiger partial charge in [-0.05, 0) is 296 Å². The van der Waals surface area contributed by atoms with Crippen LogP contribution in [0.5, 0.6) is 0 Å². The lowest BCUT2D eigenvalue weighted by atomic mass is 9.43. The summed E-state index contributed by atoms with van der Waals surface area (Å²) < 4.78 is 39.2. The van der Waals surface area contributed by atoms with Crippen LogP contribution < -0.4 is 0 Å². The number of carbonyl (C=O) groups is 6. The Labute approximate surface area is 541 Å². The summed E-state index contributed by atoms with van der Waals surface area (Å²) in [5.74, 6) is 6.70. The molecule has 0 spiro atoms. The second-order valence-electron chi connectivity index (χ2n) is 35.8. The van der Waals surface area contributed by atoms with Crippen molar-refractivity contribution in [2.24, 2.45) is 139 Å². The van der Waals surface area contributed by atoms with Crippen molar-refractivity contribution in [3.63, 3.8) is 0 Å². The van der Waals surface area contributed by atoms with Crippen LogP contribution >= 0.6 is 0 Å². The molecule has 9 aliphatic heterocycles. The van der Waals surface area contributed by atoms with Crippen molar-refractivity contribution in [3.8, 4) is 0 Å². The molecule has 0 aromatic rings. The molecule has 0 amide bonds. The highest BCUT2D eigenvalue weighted by Crippen LogP contribution is 2.73. The van der Waals surface area contributed by atoms with E-state index in [0.29, 0.717) is 108 Å². The molecule has 24 bridgehead atoms. The lowest BCUT2D eigenvalue weighted by Gasteiger charge is -2.63. The van der Waals surface area contributed by atoms with Gasteiger partial charge in [0.05, 0.1) is 0 Å². The molecule has 30 atom stereocenters. The maximum atomic E-state index is 14.1. The van der Waals surface area contributed by atoms with Crippen LogP contribution in [-0.4, -0.2) is 72.4 Å². The molecular weight excluding hydrogens is 1130 g/mol. The van der Waals surface area contributed by atoms with Gasteiger partial charge in [-0.1, -0.05) is 62.3 Å². The first-order chi connectivity index (χ1) is 42.7. The molecule has 12 aliphatic carbocycles. The van der Waals surface area contributed by atoms with Crippen molar-refractivity contribution in [2.75, 3.05) is 0 Å². The van der Waals surface area contributed by atoms with Crippen LogP contribution in [0.1, 0.15) is 276 Å². The summed E-state index contributed by atoms with van der Waals surface area (Å²) in [7, 11) is 0. The zero-order valence-electron chi connectivity index (χ0n) is 58.0. The number of carbonyl (C=O) groups excluding carboxylic acids is 6. The van der Waals surface area contributed by atoms with E-state index in [-0.39, 0.29) is 123 Å². The van der Waals surface area contributed by atoms with Crippen LogP contribution in [0.4, 0.5) is 0 Å². The monoisotopic (exact) mass is 1250 g/mol. The Morgan fingerprint density at radius 2 is 0.589 bits per heavy atom. The molecule has 21 aliphatic rings. The summed E-state index contributed by atoms with van der Waals surface area (Å²) in [5.41, 5.74) is -0.279. The predicted octanol–water partition coefficient (Wildman–Crippen LogP) is 16.6. The van der Waals surface area contributed by atoms with Crippen LogP contribution in [-0.2, 0) is 57.2 Å². The Morgan fingerprint density at radius 3 is 0.844 bits per heavy atom. The van der Waals surface area contributed by atoms with Crippen LogP contribution in [0.3, 0.4) is 0 Å². The first-order valence-corrected chi connectivity index (χ1v) is 37.8. The summed E-state index contributed by atoms with van der Waals surface area (Å²) in [6, 6.07) is 0. The van der Waals surface area contributed by atoms with Crippen molar-refractivity contribution in [2.45, 2.75) is 312 Å². The Kier molecular flexibility index (Phi) is 17.8. The van der Waals surface area contributed by atoms with Crippen LogP contribution in [0, 0.1) is 139 Å². The average molecular weight is 1250 g/mol. The van der Waals surface area contributed by atoms with Gasteiger partial charge < -0.3 is 28.4 Å². The second-order valence-corrected chi connectivity index (χ2v) is 35.8. The summed E-state index contributed by atoms with van der Waals surface area (Å²) in [6.07, 6.45) is 27.3. The lowest BCUT2D eigenvalue weighted by Crippen LogP contribution is -2.59. The quantitative estimate of drug-likeness (QED) is 0.195. The van der Waals surface area contributed by atoms with E-state index in [9.17, 15) is 28.8 Å². The molecule has 0 N–H and O–H groups in total. The maximum Gasteiger partial charge on any atom is 0.306 e. The van der Waals surface area contributed by atoms with Gasteiger partial charge in [-0.25, -0.2) is 0 Å². The van der Waals surface area contributed by atoms with Gasteiger partial charge in [0.2, 0.25) is 0 Å². The standard InChI is InChI=1S/C78H120O12/c1-43-13-28-70(82)88-52-31-34-74(8)50(37-52)17-20-56-62-26-23-59(77(62,11)68(41-65(56)74)86-47(5)80)45(3)15-30-72(84)90-54-33-36-75(9)51(39-54)18-21-57-63-27-24-60(78(63,12)69(42-66(57)75)87-48(6)81)44(2)14-29-71(83)89-53-32-35-73(7)49(38-53)16-19-55-61-25-22-58(43)76(61,10)67(40-64(55)73)85-46(4)79/h43-45,49-69H,13-42H2,1-12H3/t43-,44-,45-,49-,50-,51-,52-,53-,54-,55+,56+,57+,58-,59-,60-,61?,62?,63?,64+,65+,66+,67+,68+,69+,73+,74+,75+,76-,77-,78-/m1/s1. The molecule has 0 aromatic carbocycles. The molecule has 0 radical (unpaired) electrons. The van der Waals surface area contributed by atoms with E-state index in [0.717, 1.165) is 173 Å². The van der Waals surface area contributed by atoms with Gasteiger partial charge in [-0.3, -0.25) is 28.8 Å². The van der Waals surface area contributed by atoms with Crippen LogP contribution in [0.25, 0.3) is 0 Å². The summed E-state index contributed by atoms with van der Waals surface area (Å²) in [4.78, 5) is 81.8. The molecule has 12 saturated carbocycles. The molecule has 12 nitrogen and oxygen atoms in total. The van der Waals surface area contributed by atoms with Gasteiger partial charge in [0.1, 0.15) is 36.6 Å². The van der Waals surface area contributed by atoms with E-state index in [1.165, 1.54) is 0 Å². The van der Waals surface area contributed by atoms with Gasteiger partial charge in [0, 0.05) is 56.3 Å². The average Bonchev–Trinajstić information content (AvgIpc) is 1.39. The van der Waals surface area contributed by atoms with Gasteiger partial charge in [0.15, 0.2) is 0 Å². The van der Waals surface area contributed by atoms with Crippen LogP contribution in [0.15, 0.2) is 0 Å². The minimum atomic E-state index is -0.197. The molecule has 21 rings (SSSR count). The first-order valence-electron chi connectivity index (χ1n) is 37.8. The van der Waals surface area contributed by atoms with Gasteiger partial charge in [-0.2, -0.15) is 0 Å². The number of rotatable bonds is 3. The van der Waals surface area contributed by atoms with Gasteiger partial charge >= 0.3 is 35.8 Å². The number of esters is 6. The molecule has 12 heteroatoms. The number of ether oxygens (including phenoxy) is 6. The summed E-state index contributed by atoms with van der Waals surface area (Å²) >= 11 is 0. The lowest BCUT2D eigenvalue weighted by molar-refractivity contribution is -0.198. The van der Waals surface area contributed by atoms with Crippen molar-refractivity contribution in [3.05, 3.63) is 0 Å². The second kappa shape index (κ2) is 24.5. The van der Waals surface area contributed by atoms with E-state index >= 15 is 0 Å². The Morgan fingerprint density at radius 1 is 0.333 bits per heavy atom. The predicted molar refractivity (Wildman–Crippen MR) is 343 cm³/mol. The number of hydrogen-bond acceptors (Lipinski definition) is 12. The van der Waals surface area contributed by atoms with E-state index in [1.807, 2.05) is 0 Å². The molecule has 90 heavy (non-hydrogen) atoms. The summed E-state index contributed by atoms with van der Waals surface area (Å²) in [5, 5.41) is 0. The zero-order chi connectivity index (χ0) is 63.8. The highest BCUT2D eigenvalue weighted by atomic mass is 16.6. The normalized spacial score (nSPS) is 52.7. The van der Waals surface area contributed by atoms with Gasteiger partial charge in [-0.15, -0.1) is 0 Å². The van der Waals surface area contributed by atoms with Crippen molar-refractivity contribution < 1.29 is 57.2 Å². The minimum absolute atomic E-state index is 0.0727. The topological polar surface area (TPSA) is 158 Å². The van der Waals surface area contributed by atoms with E-state index in [4.69, 9.17) is 28.4 Å². The molecule has 9 saturated heterocycles. The Hall–Kier alpha value is -3.18. The molecular formula is C78H120O12.